The topological polar surface area (TPSA) is 24.9 Å². The standard InChI is InChI=1S/C16H25BrN2/c1-3-10-18-16(13-6-4-12(2)5-7-13)15-9-8-14(17)11-19-15/h8-9,11-13,16,18H,3-7,10H2,1-2H3. The molecule has 1 saturated carbocycles. The quantitative estimate of drug-likeness (QED) is 0.848. The first-order valence-corrected chi connectivity index (χ1v) is 8.34. The van der Waals surface area contributed by atoms with Gasteiger partial charge >= 0.3 is 0 Å². The van der Waals surface area contributed by atoms with E-state index in [4.69, 9.17) is 0 Å². The minimum atomic E-state index is 0.431. The van der Waals surface area contributed by atoms with Crippen molar-refractivity contribution in [1.82, 2.24) is 10.3 Å². The molecule has 1 aromatic heterocycles. The van der Waals surface area contributed by atoms with Gasteiger partial charge < -0.3 is 5.32 Å². The first-order chi connectivity index (χ1) is 9.20. The van der Waals surface area contributed by atoms with Crippen LogP contribution in [0.1, 0.15) is 57.7 Å². The number of nitrogens with zero attached hydrogens (tertiary/aromatic N) is 1. The highest BCUT2D eigenvalue weighted by Crippen LogP contribution is 2.36. The van der Waals surface area contributed by atoms with Gasteiger partial charge in [0.25, 0.3) is 0 Å². The molecule has 1 unspecified atom stereocenters. The second-order valence-electron chi connectivity index (χ2n) is 5.85. The Balaban J connectivity index is 2.08. The summed E-state index contributed by atoms with van der Waals surface area (Å²) < 4.78 is 1.06. The van der Waals surface area contributed by atoms with E-state index in [1.54, 1.807) is 0 Å². The van der Waals surface area contributed by atoms with Crippen LogP contribution in [-0.4, -0.2) is 11.5 Å². The van der Waals surface area contributed by atoms with Crippen LogP contribution in [0.2, 0.25) is 0 Å². The molecule has 0 radical (unpaired) electrons. The highest BCUT2D eigenvalue weighted by molar-refractivity contribution is 9.10. The molecule has 0 aromatic carbocycles. The molecule has 2 rings (SSSR count). The van der Waals surface area contributed by atoms with Crippen LogP contribution < -0.4 is 5.32 Å². The first kappa shape index (κ1) is 15.0. The number of aromatic nitrogens is 1. The van der Waals surface area contributed by atoms with Gasteiger partial charge in [0, 0.05) is 10.7 Å². The summed E-state index contributed by atoms with van der Waals surface area (Å²) in [6.45, 7) is 5.68. The maximum absolute atomic E-state index is 4.62. The van der Waals surface area contributed by atoms with Gasteiger partial charge in [0.15, 0.2) is 0 Å². The summed E-state index contributed by atoms with van der Waals surface area (Å²) in [6.07, 6.45) is 8.50. The number of pyridine rings is 1. The van der Waals surface area contributed by atoms with Crippen LogP contribution in [0.15, 0.2) is 22.8 Å². The Hall–Kier alpha value is -0.410. The average Bonchev–Trinajstić information content (AvgIpc) is 2.43. The summed E-state index contributed by atoms with van der Waals surface area (Å²) in [5.41, 5.74) is 1.20. The van der Waals surface area contributed by atoms with Gasteiger partial charge in [-0.05, 0) is 65.7 Å². The van der Waals surface area contributed by atoms with Crippen molar-refractivity contribution in [3.8, 4) is 0 Å². The molecule has 0 saturated heterocycles. The molecule has 1 heterocycles. The fourth-order valence-electron chi connectivity index (χ4n) is 3.00. The van der Waals surface area contributed by atoms with Crippen molar-refractivity contribution in [2.75, 3.05) is 6.54 Å². The maximum Gasteiger partial charge on any atom is 0.0576 e. The van der Waals surface area contributed by atoms with Crippen molar-refractivity contribution in [3.05, 3.63) is 28.5 Å². The van der Waals surface area contributed by atoms with E-state index in [2.05, 4.69) is 52.2 Å². The van der Waals surface area contributed by atoms with Crippen LogP contribution in [0.25, 0.3) is 0 Å². The van der Waals surface area contributed by atoms with Crippen molar-refractivity contribution >= 4 is 15.9 Å². The molecule has 1 atom stereocenters. The van der Waals surface area contributed by atoms with E-state index in [9.17, 15) is 0 Å². The second kappa shape index (κ2) is 7.39. The Kier molecular flexibility index (Phi) is 5.83. The lowest BCUT2D eigenvalue weighted by molar-refractivity contribution is 0.229. The lowest BCUT2D eigenvalue weighted by Crippen LogP contribution is -2.32. The van der Waals surface area contributed by atoms with E-state index in [1.807, 2.05) is 6.20 Å². The molecule has 1 aromatic rings. The van der Waals surface area contributed by atoms with E-state index in [0.717, 1.165) is 22.9 Å². The van der Waals surface area contributed by atoms with Gasteiger partial charge in [0.05, 0.1) is 11.7 Å². The summed E-state index contributed by atoms with van der Waals surface area (Å²) in [5.74, 6) is 1.65. The van der Waals surface area contributed by atoms with E-state index < -0.39 is 0 Å². The average molecular weight is 325 g/mol. The van der Waals surface area contributed by atoms with Crippen molar-refractivity contribution in [2.45, 2.75) is 52.0 Å². The van der Waals surface area contributed by atoms with Gasteiger partial charge in [-0.1, -0.05) is 26.7 Å². The van der Waals surface area contributed by atoms with E-state index in [-0.39, 0.29) is 0 Å². The third kappa shape index (κ3) is 4.28. The Morgan fingerprint density at radius 1 is 1.32 bits per heavy atom. The molecule has 1 fully saturated rings. The molecule has 106 valence electrons. The zero-order chi connectivity index (χ0) is 13.7. The van der Waals surface area contributed by atoms with E-state index in [0.29, 0.717) is 6.04 Å². The molecule has 19 heavy (non-hydrogen) atoms. The second-order valence-corrected chi connectivity index (χ2v) is 6.77. The normalized spacial score (nSPS) is 25.2. The number of hydrogen-bond acceptors (Lipinski definition) is 2. The van der Waals surface area contributed by atoms with Crippen LogP contribution in [0.3, 0.4) is 0 Å². The Bertz CT molecular complexity index is 369. The molecule has 1 aliphatic rings. The lowest BCUT2D eigenvalue weighted by Gasteiger charge is -2.33. The minimum absolute atomic E-state index is 0.431. The van der Waals surface area contributed by atoms with Gasteiger partial charge in [-0.3, -0.25) is 4.98 Å². The molecule has 3 heteroatoms. The lowest BCUT2D eigenvalue weighted by atomic mass is 9.78. The maximum atomic E-state index is 4.62. The van der Waals surface area contributed by atoms with Crippen LogP contribution in [0.4, 0.5) is 0 Å². The highest BCUT2D eigenvalue weighted by atomic mass is 79.9. The fourth-order valence-corrected chi connectivity index (χ4v) is 3.24. The van der Waals surface area contributed by atoms with Crippen molar-refractivity contribution in [2.24, 2.45) is 11.8 Å². The highest BCUT2D eigenvalue weighted by Gasteiger charge is 2.27. The number of halogens is 1. The molecule has 0 bridgehead atoms. The van der Waals surface area contributed by atoms with Gasteiger partial charge in [-0.15, -0.1) is 0 Å². The predicted molar refractivity (Wildman–Crippen MR) is 84.1 cm³/mol. The van der Waals surface area contributed by atoms with Gasteiger partial charge in [-0.25, -0.2) is 0 Å². The third-order valence-corrected chi connectivity index (χ3v) is 4.68. The van der Waals surface area contributed by atoms with E-state index in [1.165, 1.54) is 37.8 Å². The van der Waals surface area contributed by atoms with Crippen LogP contribution in [-0.2, 0) is 0 Å². The van der Waals surface area contributed by atoms with Crippen molar-refractivity contribution in [1.29, 1.82) is 0 Å². The van der Waals surface area contributed by atoms with Crippen molar-refractivity contribution in [3.63, 3.8) is 0 Å². The molecule has 0 amide bonds. The monoisotopic (exact) mass is 324 g/mol. The summed E-state index contributed by atoms with van der Waals surface area (Å²) in [5, 5.41) is 3.71. The molecule has 1 N–H and O–H groups in total. The Morgan fingerprint density at radius 2 is 2.05 bits per heavy atom. The molecule has 1 aliphatic carbocycles. The van der Waals surface area contributed by atoms with E-state index >= 15 is 0 Å². The Morgan fingerprint density at radius 3 is 2.63 bits per heavy atom. The smallest absolute Gasteiger partial charge is 0.0576 e. The number of rotatable bonds is 5. The summed E-state index contributed by atoms with van der Waals surface area (Å²) >= 11 is 3.47. The van der Waals surface area contributed by atoms with Crippen LogP contribution in [0, 0.1) is 11.8 Å². The number of hydrogen-bond donors (Lipinski definition) is 1. The van der Waals surface area contributed by atoms with Crippen LogP contribution >= 0.6 is 15.9 Å². The molecule has 0 spiro atoms. The van der Waals surface area contributed by atoms with Gasteiger partial charge in [0.1, 0.15) is 0 Å². The van der Waals surface area contributed by atoms with Crippen LogP contribution in [0.5, 0.6) is 0 Å². The predicted octanol–water partition coefficient (Wildman–Crippen LogP) is 4.71. The third-order valence-electron chi connectivity index (χ3n) is 4.22. The van der Waals surface area contributed by atoms with Crippen molar-refractivity contribution < 1.29 is 0 Å². The molecular weight excluding hydrogens is 300 g/mol. The summed E-state index contributed by atoms with van der Waals surface area (Å²) in [4.78, 5) is 4.62. The molecule has 0 aliphatic heterocycles. The SMILES string of the molecule is CCCNC(c1ccc(Br)cn1)C1CCC(C)CC1. The zero-order valence-electron chi connectivity index (χ0n) is 12.0. The first-order valence-electron chi connectivity index (χ1n) is 7.55. The van der Waals surface area contributed by atoms with Gasteiger partial charge in [-0.2, -0.15) is 0 Å². The molecular formula is C16H25BrN2. The number of nitrogens with one attached hydrogen (secondary N) is 1. The fraction of sp³-hybridized carbons (Fsp3) is 0.688. The minimum Gasteiger partial charge on any atom is -0.308 e. The Labute approximate surface area is 125 Å². The largest absolute Gasteiger partial charge is 0.308 e. The van der Waals surface area contributed by atoms with Gasteiger partial charge in [0.2, 0.25) is 0 Å². The summed E-state index contributed by atoms with van der Waals surface area (Å²) in [6, 6.07) is 4.70. The summed E-state index contributed by atoms with van der Waals surface area (Å²) in [7, 11) is 0. The molecule has 2 nitrogen and oxygen atoms in total. The zero-order valence-corrected chi connectivity index (χ0v) is 13.6.